The van der Waals surface area contributed by atoms with Crippen molar-refractivity contribution >= 4 is 70.7 Å². The lowest BCUT2D eigenvalue weighted by atomic mass is 9.90. The van der Waals surface area contributed by atoms with E-state index in [9.17, 15) is 0 Å². The van der Waals surface area contributed by atoms with Gasteiger partial charge in [0, 0.05) is 24.2 Å². The van der Waals surface area contributed by atoms with E-state index in [4.69, 9.17) is 0 Å². The van der Waals surface area contributed by atoms with Gasteiger partial charge in [-0.3, -0.25) is 0 Å². The van der Waals surface area contributed by atoms with E-state index in [1.807, 2.05) is 12.4 Å². The second-order valence-electron chi connectivity index (χ2n) is 7.91. The number of hydrogen-bond acceptors (Lipinski definition) is 8. The lowest BCUT2D eigenvalue weighted by molar-refractivity contribution is 0.920. The van der Waals surface area contributed by atoms with Gasteiger partial charge in [0.25, 0.3) is 0 Å². The zero-order chi connectivity index (χ0) is 21.9. The first kappa shape index (κ1) is 25.3. The van der Waals surface area contributed by atoms with Gasteiger partial charge in [-0.1, -0.05) is 36.4 Å². The molecule has 0 aliphatic carbocycles. The molecule has 34 heavy (non-hydrogen) atoms. The normalized spacial score (nSPS) is 15.0. The summed E-state index contributed by atoms with van der Waals surface area (Å²) in [7, 11) is 0. The molecule has 2 aliphatic heterocycles. The molecule has 0 unspecified atom stereocenters. The highest BCUT2D eigenvalue weighted by molar-refractivity contribution is 6.21. The second kappa shape index (κ2) is 11.2. The van der Waals surface area contributed by atoms with Crippen molar-refractivity contribution in [3.63, 3.8) is 0 Å². The number of nitrogens with one attached hydrogen (secondary N) is 4. The van der Waals surface area contributed by atoms with Crippen LogP contribution in [0.4, 0.5) is 0 Å². The van der Waals surface area contributed by atoms with Crippen LogP contribution >= 0.6 is 24.8 Å². The fourth-order valence-electron chi connectivity index (χ4n) is 4.04. The van der Waals surface area contributed by atoms with Crippen molar-refractivity contribution in [3.8, 4) is 0 Å². The minimum atomic E-state index is 0. The van der Waals surface area contributed by atoms with E-state index in [-0.39, 0.29) is 24.8 Å². The Balaban J connectivity index is 0.00000162. The summed E-state index contributed by atoms with van der Waals surface area (Å²) in [6.45, 7) is 7.50. The smallest absolute Gasteiger partial charge is 0.212 e. The molecule has 2 heterocycles. The molecule has 2 aliphatic rings. The van der Waals surface area contributed by atoms with E-state index >= 15 is 0 Å². The number of aryl methyl sites for hydroxylation is 2. The maximum Gasteiger partial charge on any atom is 0.212 e. The first-order valence-corrected chi connectivity index (χ1v) is 10.8. The van der Waals surface area contributed by atoms with Gasteiger partial charge < -0.3 is 10.6 Å². The number of hydrogen-bond donors (Lipinski definition) is 4. The minimum Gasteiger partial charge on any atom is -0.353 e. The van der Waals surface area contributed by atoms with E-state index in [2.05, 4.69) is 91.9 Å². The fourth-order valence-corrected chi connectivity index (χ4v) is 4.04. The molecular formula is C24H28Cl2N8. The zero-order valence-corrected chi connectivity index (χ0v) is 20.7. The van der Waals surface area contributed by atoms with Crippen LogP contribution in [0.3, 0.4) is 0 Å². The minimum absolute atomic E-state index is 0. The summed E-state index contributed by atoms with van der Waals surface area (Å²) in [5.41, 5.74) is 10.6. The summed E-state index contributed by atoms with van der Waals surface area (Å²) in [5.74, 6) is 1.42. The van der Waals surface area contributed by atoms with E-state index in [0.717, 1.165) is 58.9 Å². The van der Waals surface area contributed by atoms with Gasteiger partial charge in [-0.25, -0.2) is 20.8 Å². The van der Waals surface area contributed by atoms with Crippen molar-refractivity contribution in [2.75, 3.05) is 26.2 Å². The summed E-state index contributed by atoms with van der Waals surface area (Å²) >= 11 is 0. The predicted octanol–water partition coefficient (Wildman–Crippen LogP) is 3.22. The SMILES string of the molecule is Cc1cc2c(/C=N/NC3=NCCN3)c3ccccc3c(/C=N/NC3=NCCN3)c2cc1C.Cl.Cl. The van der Waals surface area contributed by atoms with Crippen molar-refractivity contribution in [2.45, 2.75) is 13.8 Å². The molecule has 3 aromatic carbocycles. The van der Waals surface area contributed by atoms with E-state index in [1.54, 1.807) is 0 Å². The number of aliphatic imine (C=N–C) groups is 2. The molecule has 5 rings (SSSR count). The van der Waals surface area contributed by atoms with Crippen molar-refractivity contribution in [3.05, 3.63) is 58.7 Å². The van der Waals surface area contributed by atoms with Crippen LogP contribution in [-0.4, -0.2) is 50.5 Å². The predicted molar refractivity (Wildman–Crippen MR) is 147 cm³/mol. The number of benzene rings is 3. The topological polar surface area (TPSA) is 97.6 Å². The average Bonchev–Trinajstić information content (AvgIpc) is 3.51. The Morgan fingerprint density at radius 2 is 1.18 bits per heavy atom. The molecule has 0 bridgehead atoms. The largest absolute Gasteiger partial charge is 0.353 e. The molecule has 8 nitrogen and oxygen atoms in total. The van der Waals surface area contributed by atoms with Crippen LogP contribution in [0.25, 0.3) is 21.5 Å². The molecule has 0 spiro atoms. The first-order valence-electron chi connectivity index (χ1n) is 10.8. The number of fused-ring (bicyclic) bond motifs is 2. The third-order valence-electron chi connectivity index (χ3n) is 5.80. The molecule has 0 amide bonds. The van der Waals surface area contributed by atoms with E-state index in [0.29, 0.717) is 11.9 Å². The Morgan fingerprint density at radius 3 is 1.56 bits per heavy atom. The Bertz CT molecular complexity index is 1210. The second-order valence-corrected chi connectivity index (χ2v) is 7.91. The summed E-state index contributed by atoms with van der Waals surface area (Å²) in [5, 5.41) is 19.8. The molecule has 3 aromatic rings. The van der Waals surface area contributed by atoms with Gasteiger partial charge in [-0.15, -0.1) is 24.8 Å². The van der Waals surface area contributed by atoms with Crippen LogP contribution in [0, 0.1) is 13.8 Å². The van der Waals surface area contributed by atoms with Crippen molar-refractivity contribution < 1.29 is 0 Å². The van der Waals surface area contributed by atoms with Gasteiger partial charge in [0.15, 0.2) is 0 Å². The molecule has 4 N–H and O–H groups in total. The Morgan fingerprint density at radius 1 is 0.735 bits per heavy atom. The molecule has 0 atom stereocenters. The van der Waals surface area contributed by atoms with Crippen LogP contribution in [0.1, 0.15) is 22.3 Å². The van der Waals surface area contributed by atoms with Crippen molar-refractivity contribution in [1.29, 1.82) is 0 Å². The number of guanidine groups is 2. The maximum atomic E-state index is 4.48. The zero-order valence-electron chi connectivity index (χ0n) is 19.1. The van der Waals surface area contributed by atoms with E-state index < -0.39 is 0 Å². The lowest BCUT2D eigenvalue weighted by Crippen LogP contribution is -2.30. The highest BCUT2D eigenvalue weighted by atomic mass is 35.5. The van der Waals surface area contributed by atoms with Crippen LogP contribution < -0.4 is 21.5 Å². The molecule has 178 valence electrons. The Labute approximate surface area is 210 Å². The van der Waals surface area contributed by atoms with Gasteiger partial charge in [-0.05, 0) is 46.5 Å². The maximum absolute atomic E-state index is 4.48. The monoisotopic (exact) mass is 498 g/mol. The molecule has 0 radical (unpaired) electrons. The number of halogens is 2. The summed E-state index contributed by atoms with van der Waals surface area (Å²) < 4.78 is 0. The first-order chi connectivity index (χ1) is 15.7. The number of rotatable bonds is 4. The van der Waals surface area contributed by atoms with Crippen LogP contribution in [0.15, 0.2) is 56.6 Å². The van der Waals surface area contributed by atoms with Crippen LogP contribution in [-0.2, 0) is 0 Å². The third-order valence-corrected chi connectivity index (χ3v) is 5.80. The van der Waals surface area contributed by atoms with Gasteiger partial charge in [0.1, 0.15) is 0 Å². The van der Waals surface area contributed by atoms with Crippen molar-refractivity contribution in [2.24, 2.45) is 20.2 Å². The Hall–Kier alpha value is -3.36. The molecule has 10 heteroatoms. The highest BCUT2D eigenvalue weighted by Crippen LogP contribution is 2.33. The third kappa shape index (κ3) is 5.08. The molecule has 0 saturated heterocycles. The quantitative estimate of drug-likeness (QED) is 0.252. The van der Waals surface area contributed by atoms with Gasteiger partial charge >= 0.3 is 0 Å². The average molecular weight is 499 g/mol. The number of hydrazone groups is 2. The molecular weight excluding hydrogens is 471 g/mol. The van der Waals surface area contributed by atoms with Crippen molar-refractivity contribution in [1.82, 2.24) is 21.5 Å². The number of nitrogens with zero attached hydrogens (tertiary/aromatic N) is 4. The lowest BCUT2D eigenvalue weighted by Gasteiger charge is -2.14. The fraction of sp³-hybridized carbons (Fsp3) is 0.250. The van der Waals surface area contributed by atoms with Crippen LogP contribution in [0.5, 0.6) is 0 Å². The van der Waals surface area contributed by atoms with E-state index in [1.165, 1.54) is 11.1 Å². The van der Waals surface area contributed by atoms with Gasteiger partial charge in [0.2, 0.25) is 11.9 Å². The molecule has 0 fully saturated rings. The highest BCUT2D eigenvalue weighted by Gasteiger charge is 2.14. The molecule has 0 aromatic heterocycles. The van der Waals surface area contributed by atoms with Crippen LogP contribution in [0.2, 0.25) is 0 Å². The summed E-state index contributed by atoms with van der Waals surface area (Å²) in [6.07, 6.45) is 3.77. The van der Waals surface area contributed by atoms with Gasteiger partial charge in [-0.2, -0.15) is 10.2 Å². The molecule has 0 saturated carbocycles. The summed E-state index contributed by atoms with van der Waals surface area (Å²) in [4.78, 5) is 8.68. The summed E-state index contributed by atoms with van der Waals surface area (Å²) in [6, 6.07) is 12.8. The standard InChI is InChI=1S/C24H26N8.2ClH/c1-15-11-19-20(12-16(15)2)22(14-30-32-24-27-9-10-28-24)18-6-4-3-5-17(18)21(19)13-29-31-23-25-7-8-26-23;;/h3-6,11-14H,7-10H2,1-2H3,(H2,25,26,31)(H2,27,28,32);2*1H/b29-13+,30-14+;;. The Kier molecular flexibility index (Phi) is 8.31. The van der Waals surface area contributed by atoms with Gasteiger partial charge in [0.05, 0.1) is 25.5 Å².